The molecule has 0 atom stereocenters. The van der Waals surface area contributed by atoms with E-state index in [9.17, 15) is 4.79 Å². The van der Waals surface area contributed by atoms with Crippen LogP contribution in [0.25, 0.3) is 11.4 Å². The molecule has 28 heavy (non-hydrogen) atoms. The van der Waals surface area contributed by atoms with Gasteiger partial charge in [0.15, 0.2) is 5.82 Å². The first kappa shape index (κ1) is 19.6. The summed E-state index contributed by atoms with van der Waals surface area (Å²) < 4.78 is 5.18. The number of aromatic nitrogens is 2. The third kappa shape index (κ3) is 4.78. The summed E-state index contributed by atoms with van der Waals surface area (Å²) in [5.74, 6) is 1.31. The Bertz CT molecular complexity index is 964. The first-order valence-electron chi connectivity index (χ1n) is 8.94. The van der Waals surface area contributed by atoms with E-state index in [1.165, 1.54) is 0 Å². The monoisotopic (exact) mass is 396 g/mol. The van der Waals surface area contributed by atoms with Gasteiger partial charge in [-0.2, -0.15) is 0 Å². The van der Waals surface area contributed by atoms with E-state index in [0.717, 1.165) is 17.7 Å². The van der Waals surface area contributed by atoms with Gasteiger partial charge < -0.3 is 15.4 Å². The second-order valence-electron chi connectivity index (χ2n) is 6.06. The van der Waals surface area contributed by atoms with Crippen molar-refractivity contribution in [1.29, 1.82) is 0 Å². The summed E-state index contributed by atoms with van der Waals surface area (Å²) in [5, 5.41) is 6.51. The molecule has 144 valence electrons. The molecule has 0 aliphatic carbocycles. The van der Waals surface area contributed by atoms with Crippen molar-refractivity contribution in [2.75, 3.05) is 19.0 Å². The van der Waals surface area contributed by atoms with E-state index in [2.05, 4.69) is 20.6 Å². The molecule has 0 unspecified atom stereocenters. The number of benzene rings is 2. The van der Waals surface area contributed by atoms with Crippen molar-refractivity contribution < 1.29 is 9.53 Å². The largest absolute Gasteiger partial charge is 0.495 e. The van der Waals surface area contributed by atoms with E-state index < -0.39 is 0 Å². The maximum atomic E-state index is 12.5. The van der Waals surface area contributed by atoms with Crippen LogP contribution in [0.15, 0.2) is 54.6 Å². The number of anilines is 2. The molecule has 3 rings (SSSR count). The summed E-state index contributed by atoms with van der Waals surface area (Å²) in [6, 6.07) is 16.5. The Labute approximate surface area is 168 Å². The molecule has 0 saturated carbocycles. The Morgan fingerprint density at radius 3 is 2.57 bits per heavy atom. The van der Waals surface area contributed by atoms with Gasteiger partial charge in [-0.25, -0.2) is 9.97 Å². The van der Waals surface area contributed by atoms with Crippen LogP contribution in [-0.4, -0.2) is 29.5 Å². The molecule has 1 amide bonds. The highest BCUT2D eigenvalue weighted by atomic mass is 35.5. The van der Waals surface area contributed by atoms with Crippen LogP contribution in [0, 0.1) is 0 Å². The van der Waals surface area contributed by atoms with Gasteiger partial charge in [0.1, 0.15) is 17.3 Å². The summed E-state index contributed by atoms with van der Waals surface area (Å²) >= 11 is 6.20. The first-order valence-corrected chi connectivity index (χ1v) is 9.31. The van der Waals surface area contributed by atoms with Crippen molar-refractivity contribution in [1.82, 2.24) is 15.3 Å². The van der Waals surface area contributed by atoms with Crippen LogP contribution < -0.4 is 15.4 Å². The van der Waals surface area contributed by atoms with Gasteiger partial charge in [-0.15, -0.1) is 0 Å². The summed E-state index contributed by atoms with van der Waals surface area (Å²) in [7, 11) is 1.56. The highest BCUT2D eigenvalue weighted by Gasteiger charge is 2.13. The lowest BCUT2D eigenvalue weighted by Crippen LogP contribution is -2.25. The number of halogens is 1. The van der Waals surface area contributed by atoms with Crippen LogP contribution in [0.2, 0.25) is 5.02 Å². The summed E-state index contributed by atoms with van der Waals surface area (Å²) in [6.07, 6.45) is 0.845. The average Bonchev–Trinajstić information content (AvgIpc) is 2.72. The Balaban J connectivity index is 1.97. The molecule has 0 saturated heterocycles. The molecule has 0 bridgehead atoms. The molecule has 0 aliphatic rings. The second-order valence-corrected chi connectivity index (χ2v) is 6.47. The van der Waals surface area contributed by atoms with Gasteiger partial charge in [0.2, 0.25) is 0 Å². The molecule has 0 aliphatic heterocycles. The van der Waals surface area contributed by atoms with Crippen molar-refractivity contribution >= 4 is 29.0 Å². The highest BCUT2D eigenvalue weighted by molar-refractivity contribution is 6.32. The Kier molecular flexibility index (Phi) is 6.45. The molecule has 2 N–H and O–H groups in total. The number of ether oxygens (including phenoxy) is 1. The fraction of sp³-hybridized carbons (Fsp3) is 0.190. The minimum absolute atomic E-state index is 0.239. The molecule has 0 fully saturated rings. The van der Waals surface area contributed by atoms with Gasteiger partial charge in [0, 0.05) is 23.9 Å². The van der Waals surface area contributed by atoms with Crippen LogP contribution >= 0.6 is 11.6 Å². The third-order valence-electron chi connectivity index (χ3n) is 3.95. The smallest absolute Gasteiger partial charge is 0.270 e. The third-order valence-corrected chi connectivity index (χ3v) is 4.25. The summed E-state index contributed by atoms with van der Waals surface area (Å²) in [5.41, 5.74) is 1.84. The first-order chi connectivity index (χ1) is 13.6. The van der Waals surface area contributed by atoms with Crippen LogP contribution in [-0.2, 0) is 0 Å². The van der Waals surface area contributed by atoms with Gasteiger partial charge in [-0.05, 0) is 24.6 Å². The number of carbonyl (C=O) groups is 1. The zero-order valence-electron chi connectivity index (χ0n) is 15.7. The van der Waals surface area contributed by atoms with Crippen LogP contribution in [0.4, 0.5) is 11.5 Å². The molecule has 0 spiro atoms. The molecule has 7 heteroatoms. The topological polar surface area (TPSA) is 76.1 Å². The highest BCUT2D eigenvalue weighted by Crippen LogP contribution is 2.29. The fourth-order valence-corrected chi connectivity index (χ4v) is 2.82. The quantitative estimate of drug-likeness (QED) is 0.606. The van der Waals surface area contributed by atoms with Crippen LogP contribution in [0.5, 0.6) is 5.75 Å². The molecule has 0 radical (unpaired) electrons. The Morgan fingerprint density at radius 1 is 1.11 bits per heavy atom. The standard InChI is InChI=1S/C21H21ClN4O2/c1-3-11-23-21(27)17-13-19(24-15-9-10-18(28-2)16(22)12-15)26-20(25-17)14-7-5-4-6-8-14/h4-10,12-13H,3,11H2,1-2H3,(H,23,27)(H,24,25,26). The van der Waals surface area contributed by atoms with Crippen molar-refractivity contribution in [2.24, 2.45) is 0 Å². The number of hydrogen-bond acceptors (Lipinski definition) is 5. The zero-order valence-corrected chi connectivity index (χ0v) is 16.5. The van der Waals surface area contributed by atoms with Gasteiger partial charge in [-0.3, -0.25) is 4.79 Å². The molecule has 3 aromatic rings. The van der Waals surface area contributed by atoms with Crippen LogP contribution in [0.3, 0.4) is 0 Å². The minimum atomic E-state index is -0.239. The molecule has 1 aromatic heterocycles. The second kappa shape index (κ2) is 9.19. The number of methoxy groups -OCH3 is 1. The maximum absolute atomic E-state index is 12.5. The predicted molar refractivity (Wildman–Crippen MR) is 111 cm³/mol. The Hall–Kier alpha value is -3.12. The number of rotatable bonds is 7. The van der Waals surface area contributed by atoms with Crippen molar-refractivity contribution in [2.45, 2.75) is 13.3 Å². The van der Waals surface area contributed by atoms with E-state index in [1.54, 1.807) is 25.3 Å². The lowest BCUT2D eigenvalue weighted by atomic mass is 10.2. The molecular weight excluding hydrogens is 376 g/mol. The van der Waals surface area contributed by atoms with E-state index in [-0.39, 0.29) is 5.91 Å². The van der Waals surface area contributed by atoms with Gasteiger partial charge >= 0.3 is 0 Å². The van der Waals surface area contributed by atoms with Gasteiger partial charge in [-0.1, -0.05) is 48.9 Å². The molecular formula is C21H21ClN4O2. The Morgan fingerprint density at radius 2 is 1.89 bits per heavy atom. The average molecular weight is 397 g/mol. The van der Waals surface area contributed by atoms with Crippen LogP contribution in [0.1, 0.15) is 23.8 Å². The van der Waals surface area contributed by atoms with E-state index >= 15 is 0 Å². The number of nitrogens with zero attached hydrogens (tertiary/aromatic N) is 2. The van der Waals surface area contributed by atoms with E-state index in [1.807, 2.05) is 43.3 Å². The van der Waals surface area contributed by atoms with Gasteiger partial charge in [0.05, 0.1) is 12.1 Å². The number of hydrogen-bond donors (Lipinski definition) is 2. The molecule has 2 aromatic carbocycles. The summed E-state index contributed by atoms with van der Waals surface area (Å²) in [4.78, 5) is 21.5. The summed E-state index contributed by atoms with van der Waals surface area (Å²) in [6.45, 7) is 2.58. The predicted octanol–water partition coefficient (Wildman–Crippen LogP) is 4.69. The van der Waals surface area contributed by atoms with Gasteiger partial charge in [0.25, 0.3) is 5.91 Å². The maximum Gasteiger partial charge on any atom is 0.270 e. The van der Waals surface area contributed by atoms with Crippen molar-refractivity contribution in [3.63, 3.8) is 0 Å². The lowest BCUT2D eigenvalue weighted by molar-refractivity contribution is 0.0948. The zero-order chi connectivity index (χ0) is 19.9. The normalized spacial score (nSPS) is 10.4. The number of carbonyl (C=O) groups excluding carboxylic acids is 1. The van der Waals surface area contributed by atoms with Crippen molar-refractivity contribution in [3.8, 4) is 17.1 Å². The van der Waals surface area contributed by atoms with E-state index in [4.69, 9.17) is 16.3 Å². The molecule has 1 heterocycles. The molecule has 6 nitrogen and oxygen atoms in total. The minimum Gasteiger partial charge on any atom is -0.495 e. The number of nitrogens with one attached hydrogen (secondary N) is 2. The fourth-order valence-electron chi connectivity index (χ4n) is 2.57. The lowest BCUT2D eigenvalue weighted by Gasteiger charge is -2.11. The SMILES string of the molecule is CCCNC(=O)c1cc(Nc2ccc(OC)c(Cl)c2)nc(-c2ccccc2)n1. The van der Waals surface area contributed by atoms with Crippen molar-refractivity contribution in [3.05, 3.63) is 65.3 Å². The number of amides is 1. The van der Waals surface area contributed by atoms with E-state index in [0.29, 0.717) is 34.7 Å².